The molecule has 0 aliphatic heterocycles. The standard InChI is InChI=1S/C9H8BrN3OS/c1-5-2-3-6-9(13-15-12-6)8(5)11-7(14)4-10/h2-3H,4H2,1H3,(H,11,14). The number of carbonyl (C=O) groups is 1. The molecule has 0 saturated carbocycles. The molecule has 78 valence electrons. The van der Waals surface area contributed by atoms with Crippen LogP contribution in [0.5, 0.6) is 0 Å². The van der Waals surface area contributed by atoms with Gasteiger partial charge in [-0.3, -0.25) is 4.79 Å². The van der Waals surface area contributed by atoms with Crippen LogP contribution in [0.2, 0.25) is 0 Å². The van der Waals surface area contributed by atoms with Crippen molar-refractivity contribution in [3.63, 3.8) is 0 Å². The molecule has 15 heavy (non-hydrogen) atoms. The summed E-state index contributed by atoms with van der Waals surface area (Å²) in [6.45, 7) is 1.93. The number of amides is 1. The first-order valence-corrected chi connectivity index (χ1v) is 6.15. The minimum Gasteiger partial charge on any atom is -0.323 e. The summed E-state index contributed by atoms with van der Waals surface area (Å²) in [4.78, 5) is 11.3. The van der Waals surface area contributed by atoms with Gasteiger partial charge in [-0.1, -0.05) is 22.0 Å². The fraction of sp³-hybridized carbons (Fsp3) is 0.222. The Morgan fingerprint density at radius 1 is 1.53 bits per heavy atom. The maximum atomic E-state index is 11.3. The van der Waals surface area contributed by atoms with E-state index >= 15 is 0 Å². The Bertz CT molecular complexity index is 511. The maximum absolute atomic E-state index is 11.3. The number of carbonyl (C=O) groups excluding carboxylic acids is 1. The molecule has 6 heteroatoms. The van der Waals surface area contributed by atoms with Crippen molar-refractivity contribution in [2.45, 2.75) is 6.92 Å². The minimum absolute atomic E-state index is 0.0846. The van der Waals surface area contributed by atoms with Crippen LogP contribution in [-0.4, -0.2) is 20.0 Å². The summed E-state index contributed by atoms with van der Waals surface area (Å²) in [7, 11) is 0. The third-order valence-corrected chi connectivity index (χ3v) is 3.07. The summed E-state index contributed by atoms with van der Waals surface area (Å²) in [5, 5.41) is 3.09. The van der Waals surface area contributed by atoms with E-state index in [1.165, 1.54) is 0 Å². The lowest BCUT2D eigenvalue weighted by Crippen LogP contribution is -2.13. The lowest BCUT2D eigenvalue weighted by molar-refractivity contribution is -0.113. The summed E-state index contributed by atoms with van der Waals surface area (Å²) >= 11 is 4.25. The second kappa shape index (κ2) is 4.24. The van der Waals surface area contributed by atoms with Crippen LogP contribution >= 0.6 is 27.7 Å². The molecule has 1 N–H and O–H groups in total. The first-order valence-electron chi connectivity index (χ1n) is 4.30. The Morgan fingerprint density at radius 3 is 3.07 bits per heavy atom. The van der Waals surface area contributed by atoms with Crippen molar-refractivity contribution < 1.29 is 4.79 Å². The number of rotatable bonds is 2. The summed E-state index contributed by atoms with van der Waals surface area (Å²) < 4.78 is 8.29. The molecule has 0 spiro atoms. The normalized spacial score (nSPS) is 10.5. The quantitative estimate of drug-likeness (QED) is 0.862. The molecule has 2 rings (SSSR count). The maximum Gasteiger partial charge on any atom is 0.235 e. The van der Waals surface area contributed by atoms with Crippen LogP contribution in [0.25, 0.3) is 11.0 Å². The smallest absolute Gasteiger partial charge is 0.235 e. The van der Waals surface area contributed by atoms with Crippen molar-refractivity contribution in [1.29, 1.82) is 0 Å². The van der Waals surface area contributed by atoms with Crippen LogP contribution in [0.1, 0.15) is 5.56 Å². The van der Waals surface area contributed by atoms with Crippen LogP contribution in [0.3, 0.4) is 0 Å². The topological polar surface area (TPSA) is 54.9 Å². The molecule has 1 aromatic carbocycles. The van der Waals surface area contributed by atoms with Gasteiger partial charge >= 0.3 is 0 Å². The highest BCUT2D eigenvalue weighted by Gasteiger charge is 2.10. The molecule has 0 saturated heterocycles. The van der Waals surface area contributed by atoms with Gasteiger partial charge < -0.3 is 5.32 Å². The molecule has 0 fully saturated rings. The van der Waals surface area contributed by atoms with Gasteiger partial charge in [0.15, 0.2) is 0 Å². The van der Waals surface area contributed by atoms with Crippen molar-refractivity contribution in [2.75, 3.05) is 10.6 Å². The van der Waals surface area contributed by atoms with E-state index in [9.17, 15) is 4.79 Å². The van der Waals surface area contributed by atoms with E-state index in [4.69, 9.17) is 0 Å². The van der Waals surface area contributed by atoms with Crippen molar-refractivity contribution in [2.24, 2.45) is 0 Å². The van der Waals surface area contributed by atoms with Crippen LogP contribution in [0, 0.1) is 6.92 Å². The Labute approximate surface area is 99.1 Å². The number of aryl methyl sites for hydroxylation is 1. The highest BCUT2D eigenvalue weighted by molar-refractivity contribution is 9.09. The zero-order chi connectivity index (χ0) is 10.8. The number of fused-ring (bicyclic) bond motifs is 1. The van der Waals surface area contributed by atoms with E-state index in [-0.39, 0.29) is 11.2 Å². The van der Waals surface area contributed by atoms with Crippen molar-refractivity contribution in [1.82, 2.24) is 8.75 Å². The van der Waals surface area contributed by atoms with E-state index in [1.54, 1.807) is 0 Å². The number of benzene rings is 1. The Hall–Kier alpha value is -1.01. The number of hydrogen-bond acceptors (Lipinski definition) is 4. The molecule has 1 heterocycles. The highest BCUT2D eigenvalue weighted by Crippen LogP contribution is 2.25. The summed E-state index contributed by atoms with van der Waals surface area (Å²) in [6, 6.07) is 3.82. The molecule has 0 radical (unpaired) electrons. The molecular weight excluding hydrogens is 278 g/mol. The third kappa shape index (κ3) is 2.00. The molecule has 0 atom stereocenters. The van der Waals surface area contributed by atoms with Crippen LogP contribution in [0.15, 0.2) is 12.1 Å². The molecule has 2 aromatic rings. The first-order chi connectivity index (χ1) is 7.22. The Morgan fingerprint density at radius 2 is 2.33 bits per heavy atom. The lowest BCUT2D eigenvalue weighted by Gasteiger charge is -2.06. The van der Waals surface area contributed by atoms with Gasteiger partial charge in [-0.05, 0) is 18.6 Å². The van der Waals surface area contributed by atoms with E-state index in [0.717, 1.165) is 34.0 Å². The number of nitrogens with zero attached hydrogens (tertiary/aromatic N) is 2. The summed E-state index contributed by atoms with van der Waals surface area (Å²) in [5.41, 5.74) is 3.32. The molecule has 0 unspecified atom stereocenters. The van der Waals surface area contributed by atoms with Crippen molar-refractivity contribution in [3.8, 4) is 0 Å². The van der Waals surface area contributed by atoms with Crippen molar-refractivity contribution in [3.05, 3.63) is 17.7 Å². The number of nitrogens with one attached hydrogen (secondary N) is 1. The highest BCUT2D eigenvalue weighted by atomic mass is 79.9. The molecule has 1 aromatic heterocycles. The predicted molar refractivity (Wildman–Crippen MR) is 64.6 cm³/mol. The van der Waals surface area contributed by atoms with Gasteiger partial charge in [0, 0.05) is 0 Å². The lowest BCUT2D eigenvalue weighted by atomic mass is 10.1. The zero-order valence-electron chi connectivity index (χ0n) is 7.95. The number of aromatic nitrogens is 2. The Balaban J connectivity index is 2.51. The van der Waals surface area contributed by atoms with E-state index in [0.29, 0.717) is 0 Å². The van der Waals surface area contributed by atoms with Crippen LogP contribution in [-0.2, 0) is 4.79 Å². The van der Waals surface area contributed by atoms with E-state index < -0.39 is 0 Å². The van der Waals surface area contributed by atoms with E-state index in [1.807, 2.05) is 19.1 Å². The van der Waals surface area contributed by atoms with Gasteiger partial charge in [0.1, 0.15) is 11.0 Å². The molecule has 4 nitrogen and oxygen atoms in total. The minimum atomic E-state index is -0.0846. The van der Waals surface area contributed by atoms with E-state index in [2.05, 4.69) is 30.0 Å². The monoisotopic (exact) mass is 285 g/mol. The SMILES string of the molecule is Cc1ccc2nsnc2c1NC(=O)CBr. The molecular formula is C9H8BrN3OS. The van der Waals surface area contributed by atoms with Crippen LogP contribution < -0.4 is 5.32 Å². The fourth-order valence-electron chi connectivity index (χ4n) is 1.28. The average molecular weight is 286 g/mol. The van der Waals surface area contributed by atoms with Crippen molar-refractivity contribution >= 4 is 50.3 Å². The van der Waals surface area contributed by atoms with Gasteiger partial charge in [-0.2, -0.15) is 8.75 Å². The number of halogens is 1. The third-order valence-electron chi connectivity index (χ3n) is 2.02. The largest absolute Gasteiger partial charge is 0.323 e. The molecule has 0 aliphatic rings. The second-order valence-electron chi connectivity index (χ2n) is 3.07. The van der Waals surface area contributed by atoms with Crippen LogP contribution in [0.4, 0.5) is 5.69 Å². The number of hydrogen-bond donors (Lipinski definition) is 1. The number of anilines is 1. The van der Waals surface area contributed by atoms with Gasteiger partial charge in [0.25, 0.3) is 0 Å². The summed E-state index contributed by atoms with van der Waals surface area (Å²) in [6.07, 6.45) is 0. The fourth-order valence-corrected chi connectivity index (χ4v) is 1.97. The summed E-state index contributed by atoms with van der Waals surface area (Å²) in [5.74, 6) is -0.0846. The average Bonchev–Trinajstić information content (AvgIpc) is 2.70. The van der Waals surface area contributed by atoms with Gasteiger partial charge in [-0.15, -0.1) is 0 Å². The van der Waals surface area contributed by atoms with Gasteiger partial charge in [-0.25, -0.2) is 0 Å². The molecule has 0 aliphatic carbocycles. The molecule has 1 amide bonds. The molecule has 0 bridgehead atoms. The Kier molecular flexibility index (Phi) is 2.97. The predicted octanol–water partition coefficient (Wildman–Crippen LogP) is 2.33. The number of alkyl halides is 1. The van der Waals surface area contributed by atoms with Gasteiger partial charge in [0.05, 0.1) is 22.7 Å². The second-order valence-corrected chi connectivity index (χ2v) is 4.16. The van der Waals surface area contributed by atoms with Gasteiger partial charge in [0.2, 0.25) is 5.91 Å². The zero-order valence-corrected chi connectivity index (χ0v) is 10.4. The first kappa shape index (κ1) is 10.5.